The number of nitrogens with two attached hydrogens (primary N) is 1. The maximum Gasteiger partial charge on any atom is 0.430 e. The number of nitrogens with zero attached hydrogens (tertiary/aromatic N) is 3. The second-order valence-corrected chi connectivity index (χ2v) is 10.9. The first-order valence-electron chi connectivity index (χ1n) is 14.0. The van der Waals surface area contributed by atoms with Crippen LogP contribution >= 0.6 is 0 Å². The molecule has 1 fully saturated rings. The first-order chi connectivity index (χ1) is 20.7. The molecule has 4 rings (SSSR count). The minimum Gasteiger partial charge on any atom is -0.464 e. The van der Waals surface area contributed by atoms with E-state index in [1.807, 2.05) is 24.3 Å². The highest BCUT2D eigenvalue weighted by molar-refractivity contribution is 5.70. The maximum atomic E-state index is 13.3. The van der Waals surface area contributed by atoms with Crippen molar-refractivity contribution in [3.8, 4) is 11.1 Å². The number of carbonyl (C=O) groups is 1. The molecule has 2 aromatic carbocycles. The number of carbonyl (C=O) groups excluding carboxylic acids is 1. The van der Waals surface area contributed by atoms with E-state index in [1.54, 1.807) is 25.4 Å². The third-order valence-corrected chi connectivity index (χ3v) is 7.74. The lowest BCUT2D eigenvalue weighted by atomic mass is 9.90. The molecule has 0 radical (unpaired) electrons. The lowest BCUT2D eigenvalue weighted by Crippen LogP contribution is -2.53. The number of esters is 1. The summed E-state index contributed by atoms with van der Waals surface area (Å²) in [5, 5.41) is 9.68. The summed E-state index contributed by atoms with van der Waals surface area (Å²) in [4.78, 5) is 21.0. The van der Waals surface area contributed by atoms with E-state index in [9.17, 15) is 36.2 Å². The number of rotatable bonds is 10. The third kappa shape index (κ3) is 7.57. The Bertz CT molecular complexity index is 1390. The molecule has 0 saturated carbocycles. The molecule has 13 heteroatoms. The standard InChI is InChI=1S/C31H34F6N4O3/c1-21-16-23(2-7-27(21)24-3-5-25(6-4-24)29(43,30(32,33)34)31(35,36)37)19-41-14-13-40(18-22-8-11-39-12-9-22)20-26(41)17-28(42)44-15-10-38/h2-9,11-12,16,26,43H,10,13-15,17-20,38H2,1H3/t26-/m1/s1. The van der Waals surface area contributed by atoms with Gasteiger partial charge in [-0.05, 0) is 46.9 Å². The van der Waals surface area contributed by atoms with Gasteiger partial charge in [-0.15, -0.1) is 0 Å². The number of benzene rings is 2. The third-order valence-electron chi connectivity index (χ3n) is 7.74. The lowest BCUT2D eigenvalue weighted by Gasteiger charge is -2.41. The summed E-state index contributed by atoms with van der Waals surface area (Å²) in [6.07, 6.45) is -8.25. The van der Waals surface area contributed by atoms with Crippen LogP contribution in [0.15, 0.2) is 67.0 Å². The number of aromatic nitrogens is 1. The molecule has 1 aliphatic rings. The van der Waals surface area contributed by atoms with E-state index in [0.29, 0.717) is 49.4 Å². The van der Waals surface area contributed by atoms with Crippen molar-refractivity contribution in [2.75, 3.05) is 32.8 Å². The normalized spacial score (nSPS) is 17.1. The van der Waals surface area contributed by atoms with Crippen LogP contribution in [0.25, 0.3) is 11.1 Å². The maximum absolute atomic E-state index is 13.3. The number of halogens is 6. The van der Waals surface area contributed by atoms with E-state index >= 15 is 0 Å². The molecule has 1 aliphatic heterocycles. The van der Waals surface area contributed by atoms with Crippen LogP contribution in [0.4, 0.5) is 26.3 Å². The molecule has 0 bridgehead atoms. The van der Waals surface area contributed by atoms with Crippen LogP contribution in [-0.2, 0) is 28.2 Å². The van der Waals surface area contributed by atoms with Gasteiger partial charge in [0.05, 0.1) is 6.42 Å². The van der Waals surface area contributed by atoms with Gasteiger partial charge in [0.15, 0.2) is 0 Å². The Hall–Kier alpha value is -3.52. The van der Waals surface area contributed by atoms with Gasteiger partial charge in [0.25, 0.3) is 5.60 Å². The first kappa shape index (κ1) is 33.4. The van der Waals surface area contributed by atoms with Crippen molar-refractivity contribution in [3.63, 3.8) is 0 Å². The van der Waals surface area contributed by atoms with Gasteiger partial charge in [0.1, 0.15) is 6.61 Å². The molecule has 238 valence electrons. The van der Waals surface area contributed by atoms with Crippen molar-refractivity contribution < 1.29 is 41.0 Å². The van der Waals surface area contributed by atoms with Gasteiger partial charge in [-0.25, -0.2) is 0 Å². The van der Waals surface area contributed by atoms with Crippen molar-refractivity contribution >= 4 is 5.97 Å². The van der Waals surface area contributed by atoms with Crippen molar-refractivity contribution in [2.24, 2.45) is 5.73 Å². The molecule has 3 aromatic rings. The smallest absolute Gasteiger partial charge is 0.430 e. The Kier molecular flexibility index (Phi) is 10.3. The lowest BCUT2D eigenvalue weighted by molar-refractivity contribution is -0.376. The molecule has 0 spiro atoms. The number of hydrogen-bond donors (Lipinski definition) is 2. The van der Waals surface area contributed by atoms with E-state index in [2.05, 4.69) is 14.8 Å². The monoisotopic (exact) mass is 624 g/mol. The summed E-state index contributed by atoms with van der Waals surface area (Å²) in [6.45, 7) is 5.47. The SMILES string of the molecule is Cc1cc(CN2CCN(Cc3ccncc3)C[C@H]2CC(=O)OCCN)ccc1-c1ccc(C(O)(C(F)(F)F)C(F)(F)F)cc1. The summed E-state index contributed by atoms with van der Waals surface area (Å²) in [6, 6.07) is 12.8. The zero-order valence-electron chi connectivity index (χ0n) is 24.0. The Morgan fingerprint density at radius 3 is 2.20 bits per heavy atom. The number of aryl methyl sites for hydroxylation is 1. The van der Waals surface area contributed by atoms with Crippen molar-refractivity contribution in [1.29, 1.82) is 0 Å². The van der Waals surface area contributed by atoms with Crippen LogP contribution in [-0.4, -0.2) is 77.0 Å². The molecule has 2 heterocycles. The van der Waals surface area contributed by atoms with Crippen LogP contribution in [0.3, 0.4) is 0 Å². The molecule has 7 nitrogen and oxygen atoms in total. The van der Waals surface area contributed by atoms with Gasteiger partial charge in [0, 0.05) is 63.3 Å². The first-order valence-corrected chi connectivity index (χ1v) is 14.0. The van der Waals surface area contributed by atoms with Gasteiger partial charge >= 0.3 is 18.3 Å². The van der Waals surface area contributed by atoms with E-state index in [1.165, 1.54) is 0 Å². The molecule has 1 atom stereocenters. The number of ether oxygens (including phenoxy) is 1. The molecule has 0 unspecified atom stereocenters. The molecule has 0 aliphatic carbocycles. The zero-order chi connectivity index (χ0) is 32.1. The average molecular weight is 625 g/mol. The summed E-state index contributed by atoms with van der Waals surface area (Å²) < 4.78 is 84.9. The predicted molar refractivity (Wildman–Crippen MR) is 151 cm³/mol. The number of pyridine rings is 1. The van der Waals surface area contributed by atoms with Gasteiger partial charge in [-0.2, -0.15) is 26.3 Å². The largest absolute Gasteiger partial charge is 0.464 e. The molecular weight excluding hydrogens is 590 g/mol. The highest BCUT2D eigenvalue weighted by atomic mass is 19.4. The number of hydrogen-bond acceptors (Lipinski definition) is 7. The highest BCUT2D eigenvalue weighted by Crippen LogP contribution is 2.50. The molecule has 3 N–H and O–H groups in total. The minimum absolute atomic E-state index is 0.135. The Morgan fingerprint density at radius 1 is 0.955 bits per heavy atom. The van der Waals surface area contributed by atoms with E-state index in [4.69, 9.17) is 10.5 Å². The Balaban J connectivity index is 1.50. The fraction of sp³-hybridized carbons (Fsp3) is 0.419. The summed E-state index contributed by atoms with van der Waals surface area (Å²) in [7, 11) is 0. The second kappa shape index (κ2) is 13.6. The van der Waals surface area contributed by atoms with Crippen LogP contribution < -0.4 is 5.73 Å². The number of piperazine rings is 1. The Labute approximate surface area is 251 Å². The zero-order valence-corrected chi connectivity index (χ0v) is 24.0. The molecule has 0 amide bonds. The van der Waals surface area contributed by atoms with Crippen LogP contribution in [0.1, 0.15) is 28.7 Å². The summed E-state index contributed by atoms with van der Waals surface area (Å²) in [5.41, 5.74) is 2.99. The topological polar surface area (TPSA) is 91.9 Å². The van der Waals surface area contributed by atoms with E-state index < -0.39 is 23.5 Å². The molecular formula is C31H34F6N4O3. The minimum atomic E-state index is -5.95. The quantitative estimate of drug-likeness (QED) is 0.244. The summed E-state index contributed by atoms with van der Waals surface area (Å²) in [5.74, 6) is -0.339. The molecule has 44 heavy (non-hydrogen) atoms. The summed E-state index contributed by atoms with van der Waals surface area (Å²) >= 11 is 0. The number of alkyl halides is 6. The molecule has 1 aromatic heterocycles. The van der Waals surface area contributed by atoms with E-state index in [0.717, 1.165) is 35.4 Å². The van der Waals surface area contributed by atoms with E-state index in [-0.39, 0.29) is 31.6 Å². The van der Waals surface area contributed by atoms with Crippen molar-refractivity contribution in [1.82, 2.24) is 14.8 Å². The Morgan fingerprint density at radius 2 is 1.61 bits per heavy atom. The second-order valence-electron chi connectivity index (χ2n) is 10.9. The van der Waals surface area contributed by atoms with Crippen molar-refractivity contribution in [2.45, 2.75) is 50.4 Å². The van der Waals surface area contributed by atoms with Crippen LogP contribution in [0.2, 0.25) is 0 Å². The highest BCUT2D eigenvalue weighted by Gasteiger charge is 2.71. The van der Waals surface area contributed by atoms with Crippen molar-refractivity contribution in [3.05, 3.63) is 89.2 Å². The van der Waals surface area contributed by atoms with Gasteiger partial charge in [-0.1, -0.05) is 42.5 Å². The number of aliphatic hydroxyl groups is 1. The van der Waals surface area contributed by atoms with Crippen LogP contribution in [0.5, 0.6) is 0 Å². The average Bonchev–Trinajstić information content (AvgIpc) is 2.96. The predicted octanol–water partition coefficient (Wildman–Crippen LogP) is 4.95. The fourth-order valence-corrected chi connectivity index (χ4v) is 5.43. The fourth-order valence-electron chi connectivity index (χ4n) is 5.43. The van der Waals surface area contributed by atoms with Crippen LogP contribution in [0, 0.1) is 6.92 Å². The molecule has 1 saturated heterocycles. The van der Waals surface area contributed by atoms with Gasteiger partial charge < -0.3 is 15.6 Å². The van der Waals surface area contributed by atoms with Gasteiger partial charge in [0.2, 0.25) is 0 Å². The van der Waals surface area contributed by atoms with Gasteiger partial charge in [-0.3, -0.25) is 19.6 Å².